The van der Waals surface area contributed by atoms with Crippen LogP contribution in [-0.4, -0.2) is 13.4 Å². The van der Waals surface area contributed by atoms with Gasteiger partial charge < -0.3 is 24.3 Å². The minimum Gasteiger partial charge on any atom is -0.490 e. The van der Waals surface area contributed by atoms with Crippen LogP contribution in [0, 0.1) is 6.92 Å². The number of benzene rings is 3. The number of hydrogen-bond donors (Lipinski definition) is 1. The summed E-state index contributed by atoms with van der Waals surface area (Å²) in [5, 5.41) is 3.48. The summed E-state index contributed by atoms with van der Waals surface area (Å²) in [5.41, 5.74) is 4.60. The smallest absolute Gasteiger partial charge is 0.231 e. The van der Waals surface area contributed by atoms with E-state index in [4.69, 9.17) is 18.9 Å². The standard InChI is InChI=1S/C25H26BrNO4/c1-3-28-24-12-20(14-27-13-18-7-8-22-23(11-18)31-16-30-22)10-21(26)25(24)29-15-19-6-4-5-17(2)9-19/h4-12,27H,3,13-16H2,1-2H3. The van der Waals surface area contributed by atoms with Gasteiger partial charge in [-0.3, -0.25) is 0 Å². The molecule has 31 heavy (non-hydrogen) atoms. The molecule has 5 nitrogen and oxygen atoms in total. The SMILES string of the molecule is CCOc1cc(CNCc2ccc3c(c2)OCO3)cc(Br)c1OCc1cccc(C)c1. The predicted molar refractivity (Wildman–Crippen MR) is 124 cm³/mol. The third-order valence-electron chi connectivity index (χ3n) is 4.93. The largest absolute Gasteiger partial charge is 0.490 e. The van der Waals surface area contributed by atoms with Gasteiger partial charge in [0.25, 0.3) is 0 Å². The van der Waals surface area contributed by atoms with Gasteiger partial charge >= 0.3 is 0 Å². The van der Waals surface area contributed by atoms with E-state index >= 15 is 0 Å². The van der Waals surface area contributed by atoms with E-state index in [-0.39, 0.29) is 0 Å². The first-order valence-corrected chi connectivity index (χ1v) is 11.1. The van der Waals surface area contributed by atoms with Crippen LogP contribution in [0.15, 0.2) is 59.1 Å². The van der Waals surface area contributed by atoms with Crippen LogP contribution in [0.3, 0.4) is 0 Å². The molecule has 1 heterocycles. The molecule has 0 saturated carbocycles. The third-order valence-corrected chi connectivity index (χ3v) is 5.52. The summed E-state index contributed by atoms with van der Waals surface area (Å²) in [6.45, 7) is 6.83. The molecule has 0 unspecified atom stereocenters. The second-order valence-electron chi connectivity index (χ2n) is 7.41. The molecule has 162 valence electrons. The van der Waals surface area contributed by atoms with Crippen molar-refractivity contribution in [2.45, 2.75) is 33.5 Å². The quantitative estimate of drug-likeness (QED) is 0.419. The molecule has 3 aromatic carbocycles. The molecule has 0 fully saturated rings. The Kier molecular flexibility index (Phi) is 6.99. The maximum absolute atomic E-state index is 6.11. The molecule has 1 aliphatic heterocycles. The Morgan fingerprint density at radius 1 is 0.903 bits per heavy atom. The average Bonchev–Trinajstić information content (AvgIpc) is 3.21. The Hall–Kier alpha value is -2.70. The zero-order chi connectivity index (χ0) is 21.6. The van der Waals surface area contributed by atoms with Crippen LogP contribution in [0.2, 0.25) is 0 Å². The van der Waals surface area contributed by atoms with Crippen LogP contribution in [0.5, 0.6) is 23.0 Å². The molecule has 1 N–H and O–H groups in total. The van der Waals surface area contributed by atoms with Crippen molar-refractivity contribution in [3.8, 4) is 23.0 Å². The lowest BCUT2D eigenvalue weighted by Gasteiger charge is -2.16. The molecule has 0 aliphatic carbocycles. The van der Waals surface area contributed by atoms with Gasteiger partial charge in [0.2, 0.25) is 6.79 Å². The van der Waals surface area contributed by atoms with Crippen molar-refractivity contribution in [1.82, 2.24) is 5.32 Å². The number of hydrogen-bond acceptors (Lipinski definition) is 5. The lowest BCUT2D eigenvalue weighted by atomic mass is 10.1. The first-order chi connectivity index (χ1) is 15.1. The van der Waals surface area contributed by atoms with Gasteiger partial charge in [0, 0.05) is 13.1 Å². The molecule has 0 atom stereocenters. The number of fused-ring (bicyclic) bond motifs is 1. The molecule has 1 aliphatic rings. The third kappa shape index (κ3) is 5.51. The van der Waals surface area contributed by atoms with Crippen LogP contribution in [0.1, 0.15) is 29.2 Å². The number of ether oxygens (including phenoxy) is 4. The van der Waals surface area contributed by atoms with Crippen molar-refractivity contribution in [2.24, 2.45) is 0 Å². The molecule has 0 saturated heterocycles. The lowest BCUT2D eigenvalue weighted by molar-refractivity contribution is 0.174. The normalized spacial score (nSPS) is 12.1. The van der Waals surface area contributed by atoms with Crippen molar-refractivity contribution < 1.29 is 18.9 Å². The molecule has 3 aromatic rings. The summed E-state index contributed by atoms with van der Waals surface area (Å²) in [6.07, 6.45) is 0. The van der Waals surface area contributed by atoms with Gasteiger partial charge in [-0.25, -0.2) is 0 Å². The van der Waals surface area contributed by atoms with Crippen LogP contribution in [0.4, 0.5) is 0 Å². The molecule has 0 aromatic heterocycles. The Morgan fingerprint density at radius 2 is 1.74 bits per heavy atom. The van der Waals surface area contributed by atoms with Crippen molar-refractivity contribution in [3.05, 3.63) is 81.3 Å². The molecule has 6 heteroatoms. The van der Waals surface area contributed by atoms with Gasteiger partial charge in [-0.2, -0.15) is 0 Å². The summed E-state index contributed by atoms with van der Waals surface area (Å²) in [4.78, 5) is 0. The minimum absolute atomic E-state index is 0.290. The first-order valence-electron chi connectivity index (χ1n) is 10.3. The van der Waals surface area contributed by atoms with Crippen LogP contribution in [-0.2, 0) is 19.7 Å². The van der Waals surface area contributed by atoms with E-state index in [9.17, 15) is 0 Å². The highest BCUT2D eigenvalue weighted by atomic mass is 79.9. The average molecular weight is 484 g/mol. The molecule has 0 amide bonds. The minimum atomic E-state index is 0.290. The van der Waals surface area contributed by atoms with Crippen LogP contribution >= 0.6 is 15.9 Å². The van der Waals surface area contributed by atoms with Crippen LogP contribution in [0.25, 0.3) is 0 Å². The fourth-order valence-corrected chi connectivity index (χ4v) is 4.09. The van der Waals surface area contributed by atoms with Crippen molar-refractivity contribution in [3.63, 3.8) is 0 Å². The zero-order valence-electron chi connectivity index (χ0n) is 17.7. The van der Waals surface area contributed by atoms with Gasteiger partial charge in [-0.1, -0.05) is 35.9 Å². The maximum Gasteiger partial charge on any atom is 0.231 e. The molecule has 0 bridgehead atoms. The van der Waals surface area contributed by atoms with Gasteiger partial charge in [-0.05, 0) is 70.7 Å². The molecular formula is C25H26BrNO4. The zero-order valence-corrected chi connectivity index (χ0v) is 19.3. The van der Waals surface area contributed by atoms with Gasteiger partial charge in [0.15, 0.2) is 23.0 Å². The fraction of sp³-hybridized carbons (Fsp3) is 0.280. The van der Waals surface area contributed by atoms with E-state index in [1.165, 1.54) is 5.56 Å². The summed E-state index contributed by atoms with van der Waals surface area (Å²) >= 11 is 3.66. The number of aryl methyl sites for hydroxylation is 1. The molecule has 0 radical (unpaired) electrons. The van der Waals surface area contributed by atoms with Gasteiger partial charge in [0.05, 0.1) is 11.1 Å². The Morgan fingerprint density at radius 3 is 2.58 bits per heavy atom. The molecule has 0 spiro atoms. The highest BCUT2D eigenvalue weighted by Gasteiger charge is 2.14. The highest BCUT2D eigenvalue weighted by molar-refractivity contribution is 9.10. The summed E-state index contributed by atoms with van der Waals surface area (Å²) in [6, 6.07) is 18.4. The Labute approximate surface area is 191 Å². The van der Waals surface area contributed by atoms with Gasteiger partial charge in [0.1, 0.15) is 6.61 Å². The molecule has 4 rings (SSSR count). The summed E-state index contributed by atoms with van der Waals surface area (Å²) in [5.74, 6) is 3.07. The van der Waals surface area contributed by atoms with Crippen molar-refractivity contribution in [2.75, 3.05) is 13.4 Å². The van der Waals surface area contributed by atoms with Crippen molar-refractivity contribution in [1.29, 1.82) is 0 Å². The summed E-state index contributed by atoms with van der Waals surface area (Å²) in [7, 11) is 0. The van der Waals surface area contributed by atoms with E-state index in [0.29, 0.717) is 26.6 Å². The van der Waals surface area contributed by atoms with E-state index < -0.39 is 0 Å². The second-order valence-corrected chi connectivity index (χ2v) is 8.26. The van der Waals surface area contributed by atoms with E-state index in [0.717, 1.165) is 50.7 Å². The van der Waals surface area contributed by atoms with E-state index in [1.54, 1.807) is 0 Å². The second kappa shape index (κ2) is 10.1. The highest BCUT2D eigenvalue weighted by Crippen LogP contribution is 2.37. The number of rotatable bonds is 9. The fourth-order valence-electron chi connectivity index (χ4n) is 3.49. The van der Waals surface area contributed by atoms with Gasteiger partial charge in [-0.15, -0.1) is 0 Å². The van der Waals surface area contributed by atoms with E-state index in [2.05, 4.69) is 52.4 Å². The first kappa shape index (κ1) is 21.5. The van der Waals surface area contributed by atoms with Crippen LogP contribution < -0.4 is 24.3 Å². The van der Waals surface area contributed by atoms with Crippen molar-refractivity contribution >= 4 is 15.9 Å². The predicted octanol–water partition coefficient (Wildman–Crippen LogP) is 5.75. The maximum atomic E-state index is 6.11. The van der Waals surface area contributed by atoms with E-state index in [1.807, 2.05) is 37.3 Å². The topological polar surface area (TPSA) is 49.0 Å². The lowest BCUT2D eigenvalue weighted by Crippen LogP contribution is -2.13. The Balaban J connectivity index is 1.41. The summed E-state index contributed by atoms with van der Waals surface area (Å²) < 4.78 is 23.7. The Bertz CT molecular complexity index is 1050. The monoisotopic (exact) mass is 483 g/mol. The number of halogens is 1. The number of nitrogens with one attached hydrogen (secondary N) is 1. The molecular weight excluding hydrogens is 458 g/mol.